The predicted octanol–water partition coefficient (Wildman–Crippen LogP) is 2.52. The maximum Gasteiger partial charge on any atom is 0.0163 e. The molecule has 6 aliphatic carbocycles. The quantitative estimate of drug-likeness (QED) is 0.766. The molecule has 6 bridgehead atoms. The summed E-state index contributed by atoms with van der Waals surface area (Å²) in [5.41, 5.74) is 0.772. The van der Waals surface area contributed by atoms with Crippen LogP contribution < -0.4 is 5.32 Å². The van der Waals surface area contributed by atoms with Crippen molar-refractivity contribution in [3.63, 3.8) is 0 Å². The van der Waals surface area contributed by atoms with Crippen LogP contribution in [-0.4, -0.2) is 12.6 Å². The first-order valence-electron chi connectivity index (χ1n) is 7.58. The molecule has 0 spiro atoms. The van der Waals surface area contributed by atoms with Crippen LogP contribution in [0.2, 0.25) is 0 Å². The molecule has 0 aliphatic heterocycles. The van der Waals surface area contributed by atoms with Crippen molar-refractivity contribution in [1.29, 1.82) is 0 Å². The standard InChI is InChI=1S/C15H23N/c1-3-15-10-6-8-7-5-9(13(8)15)12(11(7)10)14(15)16-4-2/h7-14,16H,3-6H2,1-2H3/t7?,8?,9?,10?,11?,12?,13?,14-,15?/m0/s1. The molecule has 6 saturated carbocycles. The second kappa shape index (κ2) is 2.39. The molecule has 0 aromatic heterocycles. The fourth-order valence-corrected chi connectivity index (χ4v) is 8.12. The smallest absolute Gasteiger partial charge is 0.0163 e. The van der Waals surface area contributed by atoms with Gasteiger partial charge in [-0.3, -0.25) is 0 Å². The van der Waals surface area contributed by atoms with Crippen LogP contribution >= 0.6 is 0 Å². The summed E-state index contributed by atoms with van der Waals surface area (Å²) >= 11 is 0. The lowest BCUT2D eigenvalue weighted by atomic mass is 9.62. The van der Waals surface area contributed by atoms with E-state index in [0.29, 0.717) is 0 Å². The van der Waals surface area contributed by atoms with Gasteiger partial charge in [0.15, 0.2) is 0 Å². The van der Waals surface area contributed by atoms with E-state index in [1.165, 1.54) is 30.7 Å². The fraction of sp³-hybridized carbons (Fsp3) is 1.00. The molecule has 0 aromatic rings. The molecule has 6 aliphatic rings. The Balaban J connectivity index is 1.71. The van der Waals surface area contributed by atoms with Crippen molar-refractivity contribution in [2.45, 2.75) is 39.2 Å². The predicted molar refractivity (Wildman–Crippen MR) is 63.9 cm³/mol. The third-order valence-corrected chi connectivity index (χ3v) is 7.75. The summed E-state index contributed by atoms with van der Waals surface area (Å²) in [4.78, 5) is 0. The van der Waals surface area contributed by atoms with Crippen LogP contribution in [0.4, 0.5) is 0 Å². The van der Waals surface area contributed by atoms with Gasteiger partial charge in [0.1, 0.15) is 0 Å². The first-order chi connectivity index (χ1) is 7.84. The summed E-state index contributed by atoms with van der Waals surface area (Å²) < 4.78 is 0. The van der Waals surface area contributed by atoms with E-state index in [1.807, 2.05) is 0 Å². The van der Waals surface area contributed by atoms with Gasteiger partial charge in [0.05, 0.1) is 0 Å². The first kappa shape index (κ1) is 8.97. The van der Waals surface area contributed by atoms with Gasteiger partial charge in [0.2, 0.25) is 0 Å². The Morgan fingerprint density at radius 1 is 1.06 bits per heavy atom. The Kier molecular flexibility index (Phi) is 1.34. The van der Waals surface area contributed by atoms with E-state index in [4.69, 9.17) is 0 Å². The average molecular weight is 217 g/mol. The summed E-state index contributed by atoms with van der Waals surface area (Å²) in [6.45, 7) is 5.98. The molecule has 0 amide bonds. The number of nitrogens with one attached hydrogen (secondary N) is 1. The lowest BCUT2D eigenvalue weighted by Gasteiger charge is -2.43. The van der Waals surface area contributed by atoms with Crippen molar-refractivity contribution in [2.24, 2.45) is 46.8 Å². The van der Waals surface area contributed by atoms with Gasteiger partial charge in [-0.05, 0) is 72.6 Å². The van der Waals surface area contributed by atoms with Crippen molar-refractivity contribution in [3.8, 4) is 0 Å². The van der Waals surface area contributed by atoms with Crippen LogP contribution in [0.1, 0.15) is 33.1 Å². The molecule has 0 aromatic carbocycles. The van der Waals surface area contributed by atoms with E-state index in [2.05, 4.69) is 19.2 Å². The molecule has 1 heteroatoms. The molecule has 6 rings (SSSR count). The number of hydrogen-bond donors (Lipinski definition) is 1. The first-order valence-corrected chi connectivity index (χ1v) is 7.58. The molecule has 9 atom stereocenters. The third kappa shape index (κ3) is 0.573. The van der Waals surface area contributed by atoms with Gasteiger partial charge in [-0.15, -0.1) is 0 Å². The summed E-state index contributed by atoms with van der Waals surface area (Å²) in [6.07, 6.45) is 4.72. The van der Waals surface area contributed by atoms with Crippen molar-refractivity contribution < 1.29 is 0 Å². The largest absolute Gasteiger partial charge is 0.313 e. The van der Waals surface area contributed by atoms with E-state index in [-0.39, 0.29) is 0 Å². The van der Waals surface area contributed by atoms with Crippen LogP contribution in [0.15, 0.2) is 0 Å². The topological polar surface area (TPSA) is 12.0 Å². The van der Waals surface area contributed by atoms with Crippen molar-refractivity contribution in [2.75, 3.05) is 6.54 Å². The second-order valence-corrected chi connectivity index (χ2v) is 7.25. The lowest BCUT2D eigenvalue weighted by Crippen LogP contribution is -2.44. The minimum absolute atomic E-state index is 0.772. The molecular formula is C15H23N. The summed E-state index contributed by atoms with van der Waals surface area (Å²) in [5.74, 6) is 8.11. The van der Waals surface area contributed by atoms with Crippen molar-refractivity contribution in [1.82, 2.24) is 5.32 Å². The summed E-state index contributed by atoms with van der Waals surface area (Å²) in [7, 11) is 0. The SMILES string of the molecule is CCN[C@H]1C2C3CC4C5CC(C42)C1(CC)C53. The van der Waals surface area contributed by atoms with Gasteiger partial charge >= 0.3 is 0 Å². The highest BCUT2D eigenvalue weighted by Gasteiger charge is 2.85. The van der Waals surface area contributed by atoms with Crippen molar-refractivity contribution >= 4 is 0 Å². The highest BCUT2D eigenvalue weighted by Crippen LogP contribution is 2.87. The van der Waals surface area contributed by atoms with Crippen LogP contribution in [0.5, 0.6) is 0 Å². The minimum Gasteiger partial charge on any atom is -0.313 e. The molecule has 1 nitrogen and oxygen atoms in total. The summed E-state index contributed by atoms with van der Waals surface area (Å²) in [5, 5.41) is 3.91. The maximum absolute atomic E-state index is 3.91. The zero-order valence-electron chi connectivity index (χ0n) is 10.4. The van der Waals surface area contributed by atoms with E-state index >= 15 is 0 Å². The molecule has 1 N–H and O–H groups in total. The average Bonchev–Trinajstić information content (AvgIpc) is 2.95. The highest BCUT2D eigenvalue weighted by molar-refractivity contribution is 5.34. The highest BCUT2D eigenvalue weighted by atomic mass is 15.0. The molecule has 0 radical (unpaired) electrons. The molecule has 6 fully saturated rings. The van der Waals surface area contributed by atoms with E-state index < -0.39 is 0 Å². The van der Waals surface area contributed by atoms with Crippen LogP contribution in [-0.2, 0) is 0 Å². The van der Waals surface area contributed by atoms with E-state index in [1.54, 1.807) is 12.8 Å². The van der Waals surface area contributed by atoms with E-state index in [9.17, 15) is 0 Å². The Morgan fingerprint density at radius 2 is 1.94 bits per heavy atom. The summed E-state index contributed by atoms with van der Waals surface area (Å²) in [6, 6.07) is 0.921. The Labute approximate surface area is 98.4 Å². The fourth-order valence-electron chi connectivity index (χ4n) is 8.12. The number of hydrogen-bond acceptors (Lipinski definition) is 1. The Morgan fingerprint density at radius 3 is 2.69 bits per heavy atom. The zero-order chi connectivity index (χ0) is 10.7. The normalized spacial score (nSPS) is 71.6. The van der Waals surface area contributed by atoms with Gasteiger partial charge in [-0.1, -0.05) is 13.8 Å². The van der Waals surface area contributed by atoms with E-state index in [0.717, 1.165) is 35.1 Å². The van der Waals surface area contributed by atoms with Gasteiger partial charge < -0.3 is 5.32 Å². The maximum atomic E-state index is 3.91. The molecule has 8 unspecified atom stereocenters. The number of rotatable bonds is 3. The zero-order valence-corrected chi connectivity index (χ0v) is 10.4. The van der Waals surface area contributed by atoms with Crippen LogP contribution in [0.3, 0.4) is 0 Å². The van der Waals surface area contributed by atoms with Gasteiger partial charge in [0.25, 0.3) is 0 Å². The Hall–Kier alpha value is -0.0400. The van der Waals surface area contributed by atoms with Gasteiger partial charge in [-0.25, -0.2) is 0 Å². The van der Waals surface area contributed by atoms with Crippen LogP contribution in [0, 0.1) is 46.8 Å². The molecule has 0 saturated heterocycles. The third-order valence-electron chi connectivity index (χ3n) is 7.75. The van der Waals surface area contributed by atoms with Gasteiger partial charge in [0, 0.05) is 6.04 Å². The van der Waals surface area contributed by atoms with Gasteiger partial charge in [-0.2, -0.15) is 0 Å². The molecular weight excluding hydrogens is 194 g/mol. The lowest BCUT2D eigenvalue weighted by molar-refractivity contribution is 0.0466. The van der Waals surface area contributed by atoms with Crippen molar-refractivity contribution in [3.05, 3.63) is 0 Å². The molecule has 0 heterocycles. The Bertz CT molecular complexity index is 364. The minimum atomic E-state index is 0.772. The second-order valence-electron chi connectivity index (χ2n) is 7.25. The van der Waals surface area contributed by atoms with Crippen LogP contribution in [0.25, 0.3) is 0 Å². The monoisotopic (exact) mass is 217 g/mol. The molecule has 88 valence electrons. The molecule has 16 heavy (non-hydrogen) atoms.